The molecular weight excluding hydrogens is 405 g/mol. The molecule has 3 amide bonds. The third kappa shape index (κ3) is 6.93. The first-order valence-electron chi connectivity index (χ1n) is 8.44. The van der Waals surface area contributed by atoms with Crippen LogP contribution in [0.4, 0.5) is 24.5 Å². The molecule has 0 unspecified atom stereocenters. The standard InChI is InChI=1S/C19H17F3N4O4/c1-23-18(29)12-5-7-14(8-6-12)25-17(28)11-30-24-10-16(27)26-15-4-2-3-13(9-15)19(20,21)22/h2-10H,11H2,1H3,(H,23,29)(H,25,28)(H,26,27)/b24-10+. The number of hydrogen-bond acceptors (Lipinski definition) is 5. The number of carbonyl (C=O) groups excluding carboxylic acids is 3. The molecule has 2 aromatic carbocycles. The lowest BCUT2D eigenvalue weighted by atomic mass is 10.2. The molecule has 0 bridgehead atoms. The van der Waals surface area contributed by atoms with Crippen molar-refractivity contribution in [3.8, 4) is 0 Å². The van der Waals surface area contributed by atoms with Crippen LogP contribution in [0.5, 0.6) is 0 Å². The van der Waals surface area contributed by atoms with E-state index in [4.69, 9.17) is 0 Å². The topological polar surface area (TPSA) is 109 Å². The molecule has 0 fully saturated rings. The monoisotopic (exact) mass is 422 g/mol. The van der Waals surface area contributed by atoms with Gasteiger partial charge in [0.2, 0.25) is 0 Å². The zero-order chi connectivity index (χ0) is 22.1. The van der Waals surface area contributed by atoms with Crippen LogP contribution in [0, 0.1) is 0 Å². The Kier molecular flexibility index (Phi) is 7.50. The Morgan fingerprint density at radius 2 is 1.73 bits per heavy atom. The van der Waals surface area contributed by atoms with Crippen molar-refractivity contribution < 1.29 is 32.4 Å². The summed E-state index contributed by atoms with van der Waals surface area (Å²) in [5, 5.41) is 10.5. The molecule has 0 radical (unpaired) electrons. The van der Waals surface area contributed by atoms with E-state index in [0.717, 1.165) is 18.2 Å². The Labute approximate surface area is 169 Å². The Morgan fingerprint density at radius 1 is 1.03 bits per heavy atom. The average Bonchev–Trinajstić information content (AvgIpc) is 2.71. The van der Waals surface area contributed by atoms with Crippen molar-refractivity contribution in [1.82, 2.24) is 5.32 Å². The van der Waals surface area contributed by atoms with Crippen LogP contribution >= 0.6 is 0 Å². The van der Waals surface area contributed by atoms with Gasteiger partial charge in [-0.25, -0.2) is 0 Å². The second-order valence-electron chi connectivity index (χ2n) is 5.78. The van der Waals surface area contributed by atoms with E-state index in [1.165, 1.54) is 37.4 Å². The van der Waals surface area contributed by atoms with Gasteiger partial charge in [0.05, 0.1) is 5.56 Å². The number of nitrogens with zero attached hydrogens (tertiary/aromatic N) is 1. The van der Waals surface area contributed by atoms with Crippen molar-refractivity contribution in [3.63, 3.8) is 0 Å². The summed E-state index contributed by atoms with van der Waals surface area (Å²) < 4.78 is 37.9. The molecule has 0 spiro atoms. The minimum atomic E-state index is -4.53. The predicted molar refractivity (Wildman–Crippen MR) is 103 cm³/mol. The van der Waals surface area contributed by atoms with Gasteiger partial charge in [-0.1, -0.05) is 11.2 Å². The second-order valence-corrected chi connectivity index (χ2v) is 5.78. The van der Waals surface area contributed by atoms with Gasteiger partial charge in [-0.3, -0.25) is 14.4 Å². The number of alkyl halides is 3. The van der Waals surface area contributed by atoms with E-state index in [1.54, 1.807) is 0 Å². The van der Waals surface area contributed by atoms with Gasteiger partial charge in [0.15, 0.2) is 6.61 Å². The molecule has 0 heterocycles. The number of nitrogens with one attached hydrogen (secondary N) is 3. The summed E-state index contributed by atoms with van der Waals surface area (Å²) >= 11 is 0. The molecule has 158 valence electrons. The largest absolute Gasteiger partial charge is 0.416 e. The maximum Gasteiger partial charge on any atom is 0.416 e. The molecular formula is C19H17F3N4O4. The number of oxime groups is 1. The van der Waals surface area contributed by atoms with Crippen molar-refractivity contribution in [2.45, 2.75) is 6.18 Å². The number of amides is 3. The van der Waals surface area contributed by atoms with Gasteiger partial charge in [-0.05, 0) is 42.5 Å². The zero-order valence-corrected chi connectivity index (χ0v) is 15.6. The molecule has 3 N–H and O–H groups in total. The first kappa shape index (κ1) is 22.4. The fraction of sp³-hybridized carbons (Fsp3) is 0.158. The van der Waals surface area contributed by atoms with Crippen LogP contribution in [-0.2, 0) is 20.6 Å². The highest BCUT2D eigenvalue weighted by molar-refractivity contribution is 6.31. The van der Waals surface area contributed by atoms with Crippen LogP contribution in [-0.4, -0.2) is 37.6 Å². The number of anilines is 2. The van der Waals surface area contributed by atoms with Crippen LogP contribution < -0.4 is 16.0 Å². The quantitative estimate of drug-likeness (QED) is 0.471. The summed E-state index contributed by atoms with van der Waals surface area (Å²) in [4.78, 5) is 39.5. The van der Waals surface area contributed by atoms with E-state index in [9.17, 15) is 27.6 Å². The van der Waals surface area contributed by atoms with E-state index in [0.29, 0.717) is 17.5 Å². The van der Waals surface area contributed by atoms with Crippen molar-refractivity contribution in [2.24, 2.45) is 5.16 Å². The minimum absolute atomic E-state index is 0.0702. The lowest BCUT2D eigenvalue weighted by Crippen LogP contribution is -2.19. The highest BCUT2D eigenvalue weighted by Crippen LogP contribution is 2.30. The highest BCUT2D eigenvalue weighted by atomic mass is 19.4. The molecule has 8 nitrogen and oxygen atoms in total. The molecule has 0 saturated carbocycles. The third-order valence-corrected chi connectivity index (χ3v) is 3.56. The Morgan fingerprint density at radius 3 is 2.37 bits per heavy atom. The highest BCUT2D eigenvalue weighted by Gasteiger charge is 2.30. The summed E-state index contributed by atoms with van der Waals surface area (Å²) in [6.45, 7) is -0.509. The van der Waals surface area contributed by atoms with Gasteiger partial charge >= 0.3 is 6.18 Å². The van der Waals surface area contributed by atoms with Crippen LogP contribution in [0.15, 0.2) is 53.7 Å². The van der Waals surface area contributed by atoms with Crippen LogP contribution in [0.2, 0.25) is 0 Å². The summed E-state index contributed by atoms with van der Waals surface area (Å²) in [5.74, 6) is -1.67. The fourth-order valence-electron chi connectivity index (χ4n) is 2.18. The fourth-order valence-corrected chi connectivity index (χ4v) is 2.18. The molecule has 0 atom stereocenters. The first-order valence-corrected chi connectivity index (χ1v) is 8.44. The molecule has 0 aliphatic rings. The van der Waals surface area contributed by atoms with Crippen LogP contribution in [0.1, 0.15) is 15.9 Å². The predicted octanol–water partition coefficient (Wildman–Crippen LogP) is 2.64. The van der Waals surface area contributed by atoms with Crippen LogP contribution in [0.3, 0.4) is 0 Å². The van der Waals surface area contributed by atoms with Crippen LogP contribution in [0.25, 0.3) is 0 Å². The molecule has 11 heteroatoms. The van der Waals surface area contributed by atoms with Crippen molar-refractivity contribution >= 4 is 35.3 Å². The van der Waals surface area contributed by atoms with Crippen molar-refractivity contribution in [2.75, 3.05) is 24.3 Å². The number of hydrogen-bond donors (Lipinski definition) is 3. The normalized spacial score (nSPS) is 11.1. The van der Waals surface area contributed by atoms with Gasteiger partial charge in [0.1, 0.15) is 6.21 Å². The smallest absolute Gasteiger partial charge is 0.385 e. The summed E-state index contributed by atoms with van der Waals surface area (Å²) in [5.41, 5.74) is -0.140. The summed E-state index contributed by atoms with van der Waals surface area (Å²) in [6, 6.07) is 10.2. The molecule has 0 aromatic heterocycles. The molecule has 30 heavy (non-hydrogen) atoms. The second kappa shape index (κ2) is 10.0. The molecule has 0 saturated heterocycles. The maximum atomic E-state index is 12.6. The Bertz CT molecular complexity index is 944. The van der Waals surface area contributed by atoms with Crippen molar-refractivity contribution in [1.29, 1.82) is 0 Å². The van der Waals surface area contributed by atoms with E-state index in [2.05, 4.69) is 25.9 Å². The van der Waals surface area contributed by atoms with Crippen molar-refractivity contribution in [3.05, 3.63) is 59.7 Å². The molecule has 0 aliphatic carbocycles. The number of benzene rings is 2. The Hall–Kier alpha value is -3.89. The third-order valence-electron chi connectivity index (χ3n) is 3.56. The lowest BCUT2D eigenvalue weighted by molar-refractivity contribution is -0.137. The number of halogens is 3. The van der Waals surface area contributed by atoms with Gasteiger partial charge in [0, 0.05) is 24.0 Å². The zero-order valence-electron chi connectivity index (χ0n) is 15.6. The first-order chi connectivity index (χ1) is 14.2. The molecule has 0 aliphatic heterocycles. The summed E-state index contributed by atoms with van der Waals surface area (Å²) in [7, 11) is 1.50. The lowest BCUT2D eigenvalue weighted by Gasteiger charge is -2.08. The van der Waals surface area contributed by atoms with E-state index >= 15 is 0 Å². The minimum Gasteiger partial charge on any atom is -0.385 e. The van der Waals surface area contributed by atoms with E-state index in [1.807, 2.05) is 0 Å². The SMILES string of the molecule is CNC(=O)c1ccc(NC(=O)CO/N=C/C(=O)Nc2cccc(C(F)(F)F)c2)cc1. The number of carbonyl (C=O) groups is 3. The summed E-state index contributed by atoms with van der Waals surface area (Å²) in [6.07, 6.45) is -3.85. The number of rotatable bonds is 7. The molecule has 2 aromatic rings. The van der Waals surface area contributed by atoms with Gasteiger partial charge in [-0.15, -0.1) is 0 Å². The maximum absolute atomic E-state index is 12.6. The molecule has 2 rings (SSSR count). The van der Waals surface area contributed by atoms with Gasteiger partial charge < -0.3 is 20.8 Å². The average molecular weight is 422 g/mol. The van der Waals surface area contributed by atoms with Gasteiger partial charge in [-0.2, -0.15) is 13.2 Å². The van der Waals surface area contributed by atoms with E-state index < -0.39 is 30.2 Å². The van der Waals surface area contributed by atoms with E-state index in [-0.39, 0.29) is 11.6 Å². The van der Waals surface area contributed by atoms with Gasteiger partial charge in [0.25, 0.3) is 17.7 Å². The Balaban J connectivity index is 1.78.